The van der Waals surface area contributed by atoms with E-state index in [1.54, 1.807) is 48.4 Å². The quantitative estimate of drug-likeness (QED) is 0.489. The van der Waals surface area contributed by atoms with Crippen LogP contribution < -0.4 is 0 Å². The highest BCUT2D eigenvalue weighted by molar-refractivity contribution is 7.15. The molecule has 4 rings (SSSR count). The predicted octanol–water partition coefficient (Wildman–Crippen LogP) is 4.98. The lowest BCUT2D eigenvalue weighted by Gasteiger charge is -2.18. The minimum absolute atomic E-state index is 0.169. The van der Waals surface area contributed by atoms with Crippen LogP contribution in [0.3, 0.4) is 0 Å². The van der Waals surface area contributed by atoms with Crippen molar-refractivity contribution in [3.63, 3.8) is 0 Å². The molecule has 0 aliphatic carbocycles. The molecule has 0 aliphatic rings. The summed E-state index contributed by atoms with van der Waals surface area (Å²) in [6.07, 6.45) is 0. The van der Waals surface area contributed by atoms with Crippen LogP contribution in [0.1, 0.15) is 26.5 Å². The molecule has 1 amide bonds. The first-order valence-corrected chi connectivity index (χ1v) is 9.58. The van der Waals surface area contributed by atoms with Crippen LogP contribution in [0.5, 0.6) is 0 Å². The largest absolute Gasteiger partial charge is 0.337 e. The van der Waals surface area contributed by atoms with Gasteiger partial charge in [0.2, 0.25) is 0 Å². The fourth-order valence-corrected chi connectivity index (χ4v) is 3.93. The molecule has 3 aromatic heterocycles. The van der Waals surface area contributed by atoms with Crippen LogP contribution in [0.25, 0.3) is 21.7 Å². The van der Waals surface area contributed by atoms with Crippen molar-refractivity contribution < 1.29 is 13.7 Å². The molecule has 3 heterocycles. The zero-order valence-electron chi connectivity index (χ0n) is 15.7. The van der Waals surface area contributed by atoms with Gasteiger partial charge < -0.3 is 9.42 Å². The molecule has 0 N–H and O–H groups in total. The summed E-state index contributed by atoms with van der Waals surface area (Å²) in [7, 11) is 1.72. The fourth-order valence-electron chi connectivity index (χ4n) is 3.10. The van der Waals surface area contributed by atoms with E-state index in [0.29, 0.717) is 34.6 Å². The van der Waals surface area contributed by atoms with E-state index in [2.05, 4.69) is 10.1 Å². The normalized spacial score (nSPS) is 11.1. The maximum absolute atomic E-state index is 13.2. The highest BCUT2D eigenvalue weighted by Crippen LogP contribution is 2.31. The molecule has 28 heavy (non-hydrogen) atoms. The van der Waals surface area contributed by atoms with E-state index in [-0.39, 0.29) is 11.7 Å². The number of aryl methyl sites for hydroxylation is 2. The maximum Gasteiger partial charge on any atom is 0.259 e. The minimum Gasteiger partial charge on any atom is -0.337 e. The van der Waals surface area contributed by atoms with Gasteiger partial charge in [-0.3, -0.25) is 4.79 Å². The maximum atomic E-state index is 13.2. The van der Waals surface area contributed by atoms with Crippen LogP contribution in [-0.2, 0) is 6.54 Å². The van der Waals surface area contributed by atoms with Crippen LogP contribution in [0, 0.1) is 19.7 Å². The SMILES string of the molecule is Cc1ccc(-c2cc(C(=O)N(C)Cc3ccc(F)cc3)c3c(C)noc3n2)s1. The Balaban J connectivity index is 1.74. The predicted molar refractivity (Wildman–Crippen MR) is 107 cm³/mol. The van der Waals surface area contributed by atoms with Crippen molar-refractivity contribution in [2.24, 2.45) is 0 Å². The van der Waals surface area contributed by atoms with E-state index in [1.807, 2.05) is 19.1 Å². The van der Waals surface area contributed by atoms with Gasteiger partial charge in [0.1, 0.15) is 5.82 Å². The molecule has 1 aromatic carbocycles. The molecule has 0 atom stereocenters. The lowest BCUT2D eigenvalue weighted by Crippen LogP contribution is -2.26. The Morgan fingerprint density at radius 3 is 2.61 bits per heavy atom. The van der Waals surface area contributed by atoms with Crippen LogP contribution in [0.4, 0.5) is 4.39 Å². The Labute approximate surface area is 165 Å². The third kappa shape index (κ3) is 3.41. The Morgan fingerprint density at radius 1 is 1.18 bits per heavy atom. The molecule has 0 unspecified atom stereocenters. The molecule has 0 spiro atoms. The van der Waals surface area contributed by atoms with Crippen molar-refractivity contribution in [3.8, 4) is 10.6 Å². The molecular formula is C21H18FN3O2S. The topological polar surface area (TPSA) is 59.2 Å². The molecule has 7 heteroatoms. The van der Waals surface area contributed by atoms with Crippen LogP contribution in [0.15, 0.2) is 47.0 Å². The van der Waals surface area contributed by atoms with Gasteiger partial charge in [-0.15, -0.1) is 11.3 Å². The van der Waals surface area contributed by atoms with Crippen molar-refractivity contribution >= 4 is 28.3 Å². The second kappa shape index (κ2) is 7.16. The minimum atomic E-state index is -0.301. The lowest BCUT2D eigenvalue weighted by atomic mass is 10.1. The van der Waals surface area contributed by atoms with E-state index in [4.69, 9.17) is 4.52 Å². The van der Waals surface area contributed by atoms with E-state index < -0.39 is 0 Å². The van der Waals surface area contributed by atoms with Crippen molar-refractivity contribution in [2.45, 2.75) is 20.4 Å². The van der Waals surface area contributed by atoms with Gasteiger partial charge in [0.05, 0.1) is 27.2 Å². The summed E-state index contributed by atoms with van der Waals surface area (Å²) >= 11 is 1.60. The van der Waals surface area contributed by atoms with E-state index in [9.17, 15) is 9.18 Å². The summed E-state index contributed by atoms with van der Waals surface area (Å²) in [5, 5.41) is 4.60. The highest BCUT2D eigenvalue weighted by Gasteiger charge is 2.22. The van der Waals surface area contributed by atoms with Gasteiger partial charge in [0, 0.05) is 18.5 Å². The molecule has 0 bridgehead atoms. The van der Waals surface area contributed by atoms with E-state index in [0.717, 1.165) is 15.3 Å². The van der Waals surface area contributed by atoms with Crippen molar-refractivity contribution in [1.82, 2.24) is 15.0 Å². The zero-order valence-corrected chi connectivity index (χ0v) is 16.5. The monoisotopic (exact) mass is 395 g/mol. The smallest absolute Gasteiger partial charge is 0.259 e. The second-order valence-electron chi connectivity index (χ2n) is 6.70. The van der Waals surface area contributed by atoms with Gasteiger partial charge in [0.25, 0.3) is 11.6 Å². The first kappa shape index (κ1) is 18.3. The fraction of sp³-hybridized carbons (Fsp3) is 0.190. The number of carbonyl (C=O) groups excluding carboxylic acids is 1. The average Bonchev–Trinajstić information content (AvgIpc) is 3.28. The summed E-state index contributed by atoms with van der Waals surface area (Å²) in [5.41, 5.74) is 2.99. The number of rotatable bonds is 4. The number of nitrogens with zero attached hydrogens (tertiary/aromatic N) is 3. The van der Waals surface area contributed by atoms with Gasteiger partial charge in [0.15, 0.2) is 0 Å². The molecule has 0 fully saturated rings. The number of aromatic nitrogens is 2. The Bertz CT molecular complexity index is 1160. The molecule has 5 nitrogen and oxygen atoms in total. The highest BCUT2D eigenvalue weighted by atomic mass is 32.1. The number of carbonyl (C=O) groups is 1. The van der Waals surface area contributed by atoms with Gasteiger partial charge in [-0.1, -0.05) is 17.3 Å². The molecule has 0 saturated heterocycles. The van der Waals surface area contributed by atoms with Crippen molar-refractivity contribution in [2.75, 3.05) is 7.05 Å². The second-order valence-corrected chi connectivity index (χ2v) is 7.99. The number of amides is 1. The van der Waals surface area contributed by atoms with Gasteiger partial charge >= 0.3 is 0 Å². The first-order valence-electron chi connectivity index (χ1n) is 8.76. The third-order valence-electron chi connectivity index (χ3n) is 4.52. The number of hydrogen-bond donors (Lipinski definition) is 0. The number of benzene rings is 1. The van der Waals surface area contributed by atoms with Gasteiger partial charge in [-0.2, -0.15) is 0 Å². The lowest BCUT2D eigenvalue weighted by molar-refractivity contribution is 0.0787. The van der Waals surface area contributed by atoms with Gasteiger partial charge in [-0.05, 0) is 49.7 Å². The molecule has 0 radical (unpaired) electrons. The number of fused-ring (bicyclic) bond motifs is 1. The van der Waals surface area contributed by atoms with E-state index in [1.165, 1.54) is 12.1 Å². The van der Waals surface area contributed by atoms with Crippen molar-refractivity contribution in [1.29, 1.82) is 0 Å². The van der Waals surface area contributed by atoms with Gasteiger partial charge in [-0.25, -0.2) is 9.37 Å². The molecular weight excluding hydrogens is 377 g/mol. The standard InChI is InChI=1S/C21H18FN3O2S/c1-12-4-9-18(28-12)17-10-16(19-13(2)24-27-20(19)23-17)21(26)25(3)11-14-5-7-15(22)8-6-14/h4-10H,11H2,1-3H3. The molecule has 0 saturated carbocycles. The Hall–Kier alpha value is -3.06. The number of pyridine rings is 1. The summed E-state index contributed by atoms with van der Waals surface area (Å²) in [4.78, 5) is 21.5. The van der Waals surface area contributed by atoms with Crippen LogP contribution in [-0.4, -0.2) is 28.0 Å². The zero-order chi connectivity index (χ0) is 19.8. The van der Waals surface area contributed by atoms with Crippen LogP contribution in [0.2, 0.25) is 0 Å². The third-order valence-corrected chi connectivity index (χ3v) is 5.54. The summed E-state index contributed by atoms with van der Waals surface area (Å²) in [5.74, 6) is -0.470. The summed E-state index contributed by atoms with van der Waals surface area (Å²) in [6.45, 7) is 4.17. The molecule has 0 aliphatic heterocycles. The Kier molecular flexibility index (Phi) is 4.68. The molecule has 4 aromatic rings. The van der Waals surface area contributed by atoms with E-state index >= 15 is 0 Å². The number of thiophene rings is 1. The number of hydrogen-bond acceptors (Lipinski definition) is 5. The van der Waals surface area contributed by atoms with Crippen LogP contribution >= 0.6 is 11.3 Å². The van der Waals surface area contributed by atoms with Crippen molar-refractivity contribution in [3.05, 3.63) is 70.0 Å². The summed E-state index contributed by atoms with van der Waals surface area (Å²) < 4.78 is 18.5. The number of halogens is 1. The first-order chi connectivity index (χ1) is 13.4. The molecule has 142 valence electrons. The Morgan fingerprint density at radius 2 is 1.93 bits per heavy atom. The summed E-state index contributed by atoms with van der Waals surface area (Å²) in [6, 6.07) is 11.9. The average molecular weight is 395 g/mol.